The van der Waals surface area contributed by atoms with Crippen molar-refractivity contribution in [3.63, 3.8) is 0 Å². The van der Waals surface area contributed by atoms with E-state index in [4.69, 9.17) is 20.0 Å². The third-order valence-corrected chi connectivity index (χ3v) is 2.90. The van der Waals surface area contributed by atoms with Crippen molar-refractivity contribution in [2.45, 2.75) is 0 Å². The molecule has 100 valence electrons. The highest BCUT2D eigenvalue weighted by atomic mass is 16.5. The molecule has 0 aliphatic carbocycles. The number of hydrogen-bond donors (Lipinski definition) is 0. The van der Waals surface area contributed by atoms with Crippen LogP contribution in [0.4, 0.5) is 0 Å². The first-order valence-corrected chi connectivity index (χ1v) is 5.90. The Morgan fingerprint density at radius 3 is 2.50 bits per heavy atom. The van der Waals surface area contributed by atoms with Gasteiger partial charge in [-0.3, -0.25) is 0 Å². The third kappa shape index (κ3) is 2.30. The molecule has 0 bridgehead atoms. The quantitative estimate of drug-likeness (QED) is 0.769. The predicted octanol–water partition coefficient (Wildman–Crippen LogP) is 2.29. The van der Waals surface area contributed by atoms with Crippen LogP contribution in [0.1, 0.15) is 5.56 Å². The molecule has 1 aromatic rings. The summed E-state index contributed by atoms with van der Waals surface area (Å²) in [6.07, 6.45) is 1.69. The average Bonchev–Trinajstić information content (AvgIpc) is 2.47. The molecule has 0 amide bonds. The lowest BCUT2D eigenvalue weighted by atomic mass is 9.98. The molecule has 2 rings (SSSR count). The zero-order chi connectivity index (χ0) is 14.7. The van der Waals surface area contributed by atoms with Gasteiger partial charge in [0.25, 0.3) is 0 Å². The van der Waals surface area contributed by atoms with E-state index in [0.717, 1.165) is 0 Å². The first-order valence-electron chi connectivity index (χ1n) is 5.90. The second-order valence-electron chi connectivity index (χ2n) is 4.35. The van der Waals surface area contributed by atoms with E-state index in [1.165, 1.54) is 0 Å². The molecule has 0 fully saturated rings. The predicted molar refractivity (Wildman–Crippen MR) is 73.5 cm³/mol. The minimum Gasteiger partial charge on any atom is -0.497 e. The Bertz CT molecular complexity index is 672. The first-order chi connectivity index (χ1) is 9.60. The maximum atomic E-state index is 9.09. The lowest BCUT2D eigenvalue weighted by molar-refractivity contribution is 0.277. The van der Waals surface area contributed by atoms with Gasteiger partial charge in [0.15, 0.2) is 5.88 Å². The number of hydrogen-bond acceptors (Lipinski definition) is 5. The summed E-state index contributed by atoms with van der Waals surface area (Å²) in [5, 5.41) is 18.2. The third-order valence-electron chi connectivity index (χ3n) is 2.90. The molecule has 0 aromatic heterocycles. The fourth-order valence-electron chi connectivity index (χ4n) is 1.85. The molecule has 5 heteroatoms. The summed E-state index contributed by atoms with van der Waals surface area (Å²) in [7, 11) is 5.22. The Balaban J connectivity index is 2.68. The molecule has 0 atom stereocenters. The van der Waals surface area contributed by atoms with Crippen molar-refractivity contribution in [3.05, 3.63) is 41.3 Å². The van der Waals surface area contributed by atoms with E-state index >= 15 is 0 Å². The van der Waals surface area contributed by atoms with Gasteiger partial charge >= 0.3 is 0 Å². The summed E-state index contributed by atoms with van der Waals surface area (Å²) in [6, 6.07) is 9.12. The fourth-order valence-corrected chi connectivity index (χ4v) is 1.85. The summed E-state index contributed by atoms with van der Waals surface area (Å²) >= 11 is 0. The molecule has 0 saturated heterocycles. The van der Waals surface area contributed by atoms with Crippen LogP contribution < -0.4 is 9.47 Å². The monoisotopic (exact) mass is 267 g/mol. The largest absolute Gasteiger partial charge is 0.497 e. The van der Waals surface area contributed by atoms with Crippen LogP contribution in [0.3, 0.4) is 0 Å². The Hall–Kier alpha value is -2.92. The van der Waals surface area contributed by atoms with E-state index in [2.05, 4.69) is 0 Å². The highest BCUT2D eigenvalue weighted by molar-refractivity contribution is 5.86. The van der Waals surface area contributed by atoms with Crippen molar-refractivity contribution < 1.29 is 9.47 Å². The average molecular weight is 267 g/mol. The Morgan fingerprint density at radius 1 is 1.25 bits per heavy atom. The first kappa shape index (κ1) is 13.5. The molecule has 0 spiro atoms. The Labute approximate surface area is 117 Å². The highest BCUT2D eigenvalue weighted by Gasteiger charge is 2.21. The number of nitriles is 2. The fraction of sp³-hybridized carbons (Fsp3) is 0.200. The Morgan fingerprint density at radius 2 is 1.95 bits per heavy atom. The molecule has 1 aromatic carbocycles. The van der Waals surface area contributed by atoms with Gasteiger partial charge < -0.3 is 14.4 Å². The second kappa shape index (κ2) is 5.38. The molecule has 0 N–H and O–H groups in total. The molecule has 20 heavy (non-hydrogen) atoms. The van der Waals surface area contributed by atoms with Gasteiger partial charge in [-0.05, 0) is 12.1 Å². The SMILES string of the molecule is COc1ccc2c(c1)OC(N(C)C)=CC2=C(C#N)C#N. The minimum atomic E-state index is 0.0547. The molecule has 5 nitrogen and oxygen atoms in total. The van der Waals surface area contributed by atoms with E-state index in [1.807, 2.05) is 26.2 Å². The molecule has 0 radical (unpaired) electrons. The van der Waals surface area contributed by atoms with E-state index < -0.39 is 0 Å². The van der Waals surface area contributed by atoms with E-state index in [0.29, 0.717) is 28.5 Å². The van der Waals surface area contributed by atoms with Crippen LogP contribution >= 0.6 is 0 Å². The lowest BCUT2D eigenvalue weighted by Crippen LogP contribution is -2.19. The van der Waals surface area contributed by atoms with Gasteiger partial charge in [0, 0.05) is 37.4 Å². The van der Waals surface area contributed by atoms with Gasteiger partial charge in [-0.2, -0.15) is 10.5 Å². The van der Waals surface area contributed by atoms with Crippen molar-refractivity contribution in [2.75, 3.05) is 21.2 Å². The number of methoxy groups -OCH3 is 1. The molecule has 1 heterocycles. The van der Waals surface area contributed by atoms with Gasteiger partial charge in [-0.1, -0.05) is 0 Å². The maximum Gasteiger partial charge on any atom is 0.196 e. The second-order valence-corrected chi connectivity index (χ2v) is 4.35. The summed E-state index contributed by atoms with van der Waals surface area (Å²) in [5.74, 6) is 1.77. The van der Waals surface area contributed by atoms with Crippen LogP contribution in [0, 0.1) is 22.7 Å². The molecule has 0 saturated carbocycles. The van der Waals surface area contributed by atoms with E-state index in [1.54, 1.807) is 36.3 Å². The Kier molecular flexibility index (Phi) is 3.63. The van der Waals surface area contributed by atoms with Crippen LogP contribution in [-0.2, 0) is 0 Å². The van der Waals surface area contributed by atoms with E-state index in [9.17, 15) is 0 Å². The lowest BCUT2D eigenvalue weighted by Gasteiger charge is -2.24. The van der Waals surface area contributed by atoms with Crippen LogP contribution in [-0.4, -0.2) is 26.1 Å². The van der Waals surface area contributed by atoms with E-state index in [-0.39, 0.29) is 5.57 Å². The summed E-state index contributed by atoms with van der Waals surface area (Å²) in [6.45, 7) is 0. The molecule has 0 unspecified atom stereocenters. The number of benzene rings is 1. The van der Waals surface area contributed by atoms with Crippen molar-refractivity contribution in [1.82, 2.24) is 4.90 Å². The summed E-state index contributed by atoms with van der Waals surface area (Å²) < 4.78 is 10.9. The van der Waals surface area contributed by atoms with Crippen molar-refractivity contribution in [1.29, 1.82) is 10.5 Å². The number of nitrogens with zero attached hydrogens (tertiary/aromatic N) is 3. The van der Waals surface area contributed by atoms with Gasteiger partial charge in [0.1, 0.15) is 29.2 Å². The van der Waals surface area contributed by atoms with Crippen molar-refractivity contribution in [2.24, 2.45) is 0 Å². The summed E-state index contributed by atoms with van der Waals surface area (Å²) in [5.41, 5.74) is 1.32. The van der Waals surface area contributed by atoms with Gasteiger partial charge in [0.2, 0.25) is 0 Å². The van der Waals surface area contributed by atoms with Crippen LogP contribution in [0.15, 0.2) is 35.7 Å². The highest BCUT2D eigenvalue weighted by Crippen LogP contribution is 2.38. The smallest absolute Gasteiger partial charge is 0.196 e. The van der Waals surface area contributed by atoms with Gasteiger partial charge in [-0.15, -0.1) is 0 Å². The van der Waals surface area contributed by atoms with Crippen LogP contribution in [0.2, 0.25) is 0 Å². The van der Waals surface area contributed by atoms with Crippen molar-refractivity contribution >= 4 is 5.57 Å². The van der Waals surface area contributed by atoms with Crippen LogP contribution in [0.25, 0.3) is 5.57 Å². The van der Waals surface area contributed by atoms with Gasteiger partial charge in [-0.25, -0.2) is 0 Å². The zero-order valence-electron chi connectivity index (χ0n) is 11.5. The molecule has 1 aliphatic rings. The number of fused-ring (bicyclic) bond motifs is 1. The molecular weight excluding hydrogens is 254 g/mol. The number of ether oxygens (including phenoxy) is 2. The zero-order valence-corrected chi connectivity index (χ0v) is 11.5. The molecular formula is C15H13N3O2. The van der Waals surface area contributed by atoms with Gasteiger partial charge in [0.05, 0.1) is 7.11 Å². The number of rotatable bonds is 2. The number of allylic oxidation sites excluding steroid dienone is 3. The normalized spacial score (nSPS) is 12.2. The standard InChI is InChI=1S/C15H13N3O2/c1-18(2)15-7-13(10(8-16)9-17)12-5-4-11(19-3)6-14(12)20-15/h4-7H,1-3H3. The maximum absolute atomic E-state index is 9.09. The summed E-state index contributed by atoms with van der Waals surface area (Å²) in [4.78, 5) is 1.77. The molecule has 1 aliphatic heterocycles. The minimum absolute atomic E-state index is 0.0547. The van der Waals surface area contributed by atoms with Crippen molar-refractivity contribution in [3.8, 4) is 23.6 Å². The van der Waals surface area contributed by atoms with Crippen LogP contribution in [0.5, 0.6) is 11.5 Å². The topological polar surface area (TPSA) is 69.3 Å².